The van der Waals surface area contributed by atoms with Crippen molar-refractivity contribution >= 4 is 11.7 Å². The van der Waals surface area contributed by atoms with Crippen LogP contribution in [0.4, 0.5) is 5.82 Å². The fraction of sp³-hybridized carbons (Fsp3) is 0.455. The summed E-state index contributed by atoms with van der Waals surface area (Å²) in [5.74, 6) is 0.0592. The van der Waals surface area contributed by atoms with Crippen molar-refractivity contribution in [2.45, 2.75) is 26.3 Å². The molecule has 1 heterocycles. The van der Waals surface area contributed by atoms with Crippen molar-refractivity contribution in [2.24, 2.45) is 11.5 Å². The normalized spacial score (nSPS) is 12.2. The molecule has 88 valence electrons. The number of hydrogen-bond donors (Lipinski definition) is 3. The zero-order chi connectivity index (χ0) is 12.1. The van der Waals surface area contributed by atoms with Gasteiger partial charge in [-0.15, -0.1) is 0 Å². The van der Waals surface area contributed by atoms with E-state index in [1.807, 2.05) is 13.8 Å². The average molecular weight is 222 g/mol. The van der Waals surface area contributed by atoms with E-state index in [2.05, 4.69) is 10.3 Å². The SMILES string of the molecule is Cc1ccc(C(N)=O)c(NCCC(C)N)n1. The molecule has 1 aromatic heterocycles. The number of pyridine rings is 1. The largest absolute Gasteiger partial charge is 0.369 e. The number of nitrogens with one attached hydrogen (secondary N) is 1. The second-order valence-corrected chi connectivity index (χ2v) is 3.91. The quantitative estimate of drug-likeness (QED) is 0.681. The molecular formula is C11H18N4O. The lowest BCUT2D eigenvalue weighted by Gasteiger charge is -2.11. The van der Waals surface area contributed by atoms with Gasteiger partial charge in [-0.2, -0.15) is 0 Å². The van der Waals surface area contributed by atoms with E-state index in [9.17, 15) is 4.79 Å². The fourth-order valence-corrected chi connectivity index (χ4v) is 1.31. The molecule has 0 bridgehead atoms. The van der Waals surface area contributed by atoms with Crippen LogP contribution >= 0.6 is 0 Å². The number of carbonyl (C=O) groups excluding carboxylic acids is 1. The standard InChI is InChI=1S/C11H18N4O/c1-7(12)5-6-14-11-9(10(13)16)4-3-8(2)15-11/h3-4,7H,5-6,12H2,1-2H3,(H2,13,16)(H,14,15). The van der Waals surface area contributed by atoms with Crippen molar-refractivity contribution in [1.29, 1.82) is 0 Å². The number of nitrogens with zero attached hydrogens (tertiary/aromatic N) is 1. The van der Waals surface area contributed by atoms with E-state index in [1.54, 1.807) is 12.1 Å². The monoisotopic (exact) mass is 222 g/mol. The summed E-state index contributed by atoms with van der Waals surface area (Å²) in [4.78, 5) is 15.4. The molecule has 0 aliphatic carbocycles. The smallest absolute Gasteiger partial charge is 0.252 e. The number of primary amides is 1. The predicted octanol–water partition coefficient (Wildman–Crippen LogP) is 0.638. The van der Waals surface area contributed by atoms with Gasteiger partial charge < -0.3 is 16.8 Å². The Morgan fingerprint density at radius 1 is 1.56 bits per heavy atom. The van der Waals surface area contributed by atoms with Gasteiger partial charge in [0.15, 0.2) is 0 Å². The Balaban J connectivity index is 2.76. The topological polar surface area (TPSA) is 94.0 Å². The molecule has 5 nitrogen and oxygen atoms in total. The third-order valence-electron chi connectivity index (χ3n) is 2.19. The maximum absolute atomic E-state index is 11.1. The lowest BCUT2D eigenvalue weighted by atomic mass is 10.2. The molecular weight excluding hydrogens is 204 g/mol. The third kappa shape index (κ3) is 3.51. The van der Waals surface area contributed by atoms with Crippen LogP contribution in [0.3, 0.4) is 0 Å². The van der Waals surface area contributed by atoms with Crippen LogP contribution < -0.4 is 16.8 Å². The van der Waals surface area contributed by atoms with Gasteiger partial charge in [0.2, 0.25) is 0 Å². The first-order valence-corrected chi connectivity index (χ1v) is 5.27. The van der Waals surface area contributed by atoms with Gasteiger partial charge in [-0.05, 0) is 32.4 Å². The van der Waals surface area contributed by atoms with E-state index in [0.717, 1.165) is 12.1 Å². The van der Waals surface area contributed by atoms with Crippen LogP contribution in [0.25, 0.3) is 0 Å². The van der Waals surface area contributed by atoms with Gasteiger partial charge in [-0.3, -0.25) is 4.79 Å². The molecule has 0 aromatic carbocycles. The van der Waals surface area contributed by atoms with Gasteiger partial charge in [-0.1, -0.05) is 0 Å². The Bertz CT molecular complexity index is 376. The summed E-state index contributed by atoms with van der Waals surface area (Å²) < 4.78 is 0. The summed E-state index contributed by atoms with van der Waals surface area (Å²) in [7, 11) is 0. The molecule has 1 rings (SSSR count). The second-order valence-electron chi connectivity index (χ2n) is 3.91. The predicted molar refractivity (Wildman–Crippen MR) is 64.2 cm³/mol. The fourth-order valence-electron chi connectivity index (χ4n) is 1.31. The Hall–Kier alpha value is -1.62. The number of aryl methyl sites for hydroxylation is 1. The van der Waals surface area contributed by atoms with E-state index in [-0.39, 0.29) is 6.04 Å². The van der Waals surface area contributed by atoms with Crippen molar-refractivity contribution < 1.29 is 4.79 Å². The van der Waals surface area contributed by atoms with Gasteiger partial charge in [0.05, 0.1) is 5.56 Å². The highest BCUT2D eigenvalue weighted by atomic mass is 16.1. The van der Waals surface area contributed by atoms with Crippen LogP contribution in [0.15, 0.2) is 12.1 Å². The molecule has 5 heteroatoms. The molecule has 1 atom stereocenters. The lowest BCUT2D eigenvalue weighted by Crippen LogP contribution is -2.21. The van der Waals surface area contributed by atoms with E-state index in [4.69, 9.17) is 11.5 Å². The number of aromatic nitrogens is 1. The Morgan fingerprint density at radius 3 is 2.81 bits per heavy atom. The van der Waals surface area contributed by atoms with Gasteiger partial charge >= 0.3 is 0 Å². The molecule has 0 spiro atoms. The van der Waals surface area contributed by atoms with Crippen LogP contribution in [0.5, 0.6) is 0 Å². The van der Waals surface area contributed by atoms with E-state index < -0.39 is 5.91 Å². The molecule has 1 unspecified atom stereocenters. The number of amides is 1. The van der Waals surface area contributed by atoms with Crippen LogP contribution in [-0.2, 0) is 0 Å². The Labute approximate surface area is 95.2 Å². The Kier molecular flexibility index (Phi) is 4.25. The summed E-state index contributed by atoms with van der Waals surface area (Å²) in [6, 6.07) is 3.56. The first-order valence-electron chi connectivity index (χ1n) is 5.27. The molecule has 0 aliphatic rings. The van der Waals surface area contributed by atoms with Crippen molar-refractivity contribution in [2.75, 3.05) is 11.9 Å². The average Bonchev–Trinajstić information content (AvgIpc) is 2.16. The zero-order valence-corrected chi connectivity index (χ0v) is 9.66. The van der Waals surface area contributed by atoms with Crippen molar-refractivity contribution in [3.8, 4) is 0 Å². The molecule has 0 aliphatic heterocycles. The molecule has 5 N–H and O–H groups in total. The van der Waals surface area contributed by atoms with Gasteiger partial charge in [0.25, 0.3) is 5.91 Å². The van der Waals surface area contributed by atoms with Crippen LogP contribution in [0.1, 0.15) is 29.4 Å². The summed E-state index contributed by atoms with van der Waals surface area (Å²) >= 11 is 0. The number of rotatable bonds is 5. The van der Waals surface area contributed by atoms with E-state index >= 15 is 0 Å². The van der Waals surface area contributed by atoms with Crippen LogP contribution in [0, 0.1) is 6.92 Å². The number of nitrogens with two attached hydrogens (primary N) is 2. The molecule has 1 aromatic rings. The van der Waals surface area contributed by atoms with Crippen molar-refractivity contribution in [3.63, 3.8) is 0 Å². The van der Waals surface area contributed by atoms with Crippen LogP contribution in [-0.4, -0.2) is 23.5 Å². The molecule has 0 saturated heterocycles. The molecule has 16 heavy (non-hydrogen) atoms. The first-order chi connectivity index (χ1) is 7.50. The van der Waals surface area contributed by atoms with Crippen molar-refractivity contribution in [1.82, 2.24) is 4.98 Å². The highest BCUT2D eigenvalue weighted by Gasteiger charge is 2.09. The third-order valence-corrected chi connectivity index (χ3v) is 2.19. The summed E-state index contributed by atoms with van der Waals surface area (Å²) in [6.07, 6.45) is 0.813. The number of carbonyl (C=O) groups is 1. The Morgan fingerprint density at radius 2 is 2.25 bits per heavy atom. The maximum Gasteiger partial charge on any atom is 0.252 e. The number of anilines is 1. The minimum Gasteiger partial charge on any atom is -0.369 e. The minimum atomic E-state index is -0.476. The van der Waals surface area contributed by atoms with Crippen molar-refractivity contribution in [3.05, 3.63) is 23.4 Å². The molecule has 0 saturated carbocycles. The van der Waals surface area contributed by atoms with Gasteiger partial charge in [0, 0.05) is 18.3 Å². The lowest BCUT2D eigenvalue weighted by molar-refractivity contribution is 0.100. The summed E-state index contributed by atoms with van der Waals surface area (Å²) in [6.45, 7) is 4.47. The minimum absolute atomic E-state index is 0.120. The highest BCUT2D eigenvalue weighted by molar-refractivity contribution is 5.97. The first kappa shape index (κ1) is 12.4. The van der Waals surface area contributed by atoms with Crippen LogP contribution in [0.2, 0.25) is 0 Å². The maximum atomic E-state index is 11.1. The summed E-state index contributed by atoms with van der Waals surface area (Å²) in [5.41, 5.74) is 12.1. The van der Waals surface area contributed by atoms with E-state index in [1.165, 1.54) is 0 Å². The van der Waals surface area contributed by atoms with E-state index in [0.29, 0.717) is 17.9 Å². The highest BCUT2D eigenvalue weighted by Crippen LogP contribution is 2.12. The van der Waals surface area contributed by atoms with Gasteiger partial charge in [-0.25, -0.2) is 4.98 Å². The molecule has 1 amide bonds. The number of hydrogen-bond acceptors (Lipinski definition) is 4. The zero-order valence-electron chi connectivity index (χ0n) is 9.66. The molecule has 0 fully saturated rings. The molecule has 0 radical (unpaired) electrons. The van der Waals surface area contributed by atoms with Gasteiger partial charge in [0.1, 0.15) is 5.82 Å². The summed E-state index contributed by atoms with van der Waals surface area (Å²) in [5, 5.41) is 3.07. The second kappa shape index (κ2) is 5.46.